The van der Waals surface area contributed by atoms with E-state index in [2.05, 4.69) is 5.32 Å². The zero-order valence-electron chi connectivity index (χ0n) is 16.3. The fraction of sp³-hybridized carbons (Fsp3) is 0.300. The lowest BCUT2D eigenvalue weighted by atomic mass is 10.1. The Morgan fingerprint density at radius 1 is 1.04 bits per heavy atom. The van der Waals surface area contributed by atoms with Crippen molar-refractivity contribution in [2.75, 3.05) is 19.4 Å². The molecule has 0 aliphatic rings. The Morgan fingerprint density at radius 2 is 1.61 bits per heavy atom. The lowest BCUT2D eigenvalue weighted by Crippen LogP contribution is -2.30. The number of nitrogens with one attached hydrogen (secondary N) is 1. The van der Waals surface area contributed by atoms with Gasteiger partial charge in [-0.3, -0.25) is 4.79 Å². The maximum absolute atomic E-state index is 12.2. The number of esters is 1. The first-order valence-electron chi connectivity index (χ1n) is 8.78. The van der Waals surface area contributed by atoms with Gasteiger partial charge in [-0.15, -0.1) is 0 Å². The molecule has 0 fully saturated rings. The van der Waals surface area contributed by atoms with Crippen molar-refractivity contribution in [1.82, 2.24) is 4.31 Å². The molecule has 0 aliphatic carbocycles. The maximum Gasteiger partial charge on any atom is 0.338 e. The summed E-state index contributed by atoms with van der Waals surface area (Å²) in [6.07, 6.45) is -0.111. The number of amides is 1. The molecule has 0 saturated heterocycles. The Labute approximate surface area is 165 Å². The summed E-state index contributed by atoms with van der Waals surface area (Å²) in [6.45, 7) is 3.51. The number of sulfonamides is 1. The van der Waals surface area contributed by atoms with E-state index >= 15 is 0 Å². The third-order valence-corrected chi connectivity index (χ3v) is 5.98. The van der Waals surface area contributed by atoms with Crippen LogP contribution in [-0.2, 0) is 26.0 Å². The third-order valence-electron chi connectivity index (χ3n) is 4.15. The Bertz CT molecular complexity index is 936. The predicted octanol–water partition coefficient (Wildman–Crippen LogP) is 2.68. The van der Waals surface area contributed by atoms with E-state index in [-0.39, 0.29) is 10.5 Å². The van der Waals surface area contributed by atoms with Crippen LogP contribution in [0, 0.1) is 0 Å². The molecule has 0 aromatic heterocycles. The molecule has 1 amide bonds. The molecule has 2 aromatic rings. The summed E-state index contributed by atoms with van der Waals surface area (Å²) in [7, 11) is -0.730. The first-order valence-corrected chi connectivity index (χ1v) is 10.2. The fourth-order valence-electron chi connectivity index (χ4n) is 2.32. The van der Waals surface area contributed by atoms with Crippen molar-refractivity contribution in [3.8, 4) is 0 Å². The first kappa shape index (κ1) is 21.6. The highest BCUT2D eigenvalue weighted by atomic mass is 32.2. The van der Waals surface area contributed by atoms with Crippen LogP contribution in [0.5, 0.6) is 0 Å². The SMILES string of the molecule is CCc1ccc(NC(=O)C(C)OC(=O)c2ccc(S(=O)(=O)N(C)C)cc2)cc1. The highest BCUT2D eigenvalue weighted by molar-refractivity contribution is 7.89. The molecule has 0 saturated carbocycles. The quantitative estimate of drug-likeness (QED) is 0.716. The van der Waals surface area contributed by atoms with E-state index in [0.29, 0.717) is 5.69 Å². The number of aryl methyl sites for hydroxylation is 1. The van der Waals surface area contributed by atoms with E-state index in [1.165, 1.54) is 45.3 Å². The van der Waals surface area contributed by atoms with Gasteiger partial charge in [0, 0.05) is 19.8 Å². The number of benzene rings is 2. The lowest BCUT2D eigenvalue weighted by molar-refractivity contribution is -0.123. The summed E-state index contributed by atoms with van der Waals surface area (Å²) in [4.78, 5) is 24.5. The molecule has 0 aliphatic heterocycles. The largest absolute Gasteiger partial charge is 0.449 e. The molecule has 0 heterocycles. The summed E-state index contributed by atoms with van der Waals surface area (Å²) in [5, 5.41) is 2.69. The number of anilines is 1. The van der Waals surface area contributed by atoms with Gasteiger partial charge in [0.15, 0.2) is 6.10 Å². The van der Waals surface area contributed by atoms with Crippen molar-refractivity contribution < 1.29 is 22.7 Å². The van der Waals surface area contributed by atoms with E-state index in [4.69, 9.17) is 4.74 Å². The molecule has 0 bridgehead atoms. The van der Waals surface area contributed by atoms with Crippen molar-refractivity contribution >= 4 is 27.6 Å². The van der Waals surface area contributed by atoms with Gasteiger partial charge < -0.3 is 10.1 Å². The molecule has 1 unspecified atom stereocenters. The molecule has 1 atom stereocenters. The monoisotopic (exact) mass is 404 g/mol. The highest BCUT2D eigenvalue weighted by Gasteiger charge is 2.21. The topological polar surface area (TPSA) is 92.8 Å². The second-order valence-corrected chi connectivity index (χ2v) is 8.55. The van der Waals surface area contributed by atoms with Gasteiger partial charge in [-0.2, -0.15) is 0 Å². The first-order chi connectivity index (χ1) is 13.1. The summed E-state index contributed by atoms with van der Waals surface area (Å²) in [6, 6.07) is 12.8. The van der Waals surface area contributed by atoms with Crippen LogP contribution in [0.15, 0.2) is 53.4 Å². The average molecular weight is 404 g/mol. The molecule has 2 aromatic carbocycles. The van der Waals surface area contributed by atoms with Crippen LogP contribution in [0.4, 0.5) is 5.69 Å². The molecule has 8 heteroatoms. The third kappa shape index (κ3) is 5.17. The van der Waals surface area contributed by atoms with Crippen LogP contribution in [0.25, 0.3) is 0 Å². The summed E-state index contributed by atoms with van der Waals surface area (Å²) >= 11 is 0. The predicted molar refractivity (Wildman–Crippen MR) is 107 cm³/mol. The number of hydrogen-bond donors (Lipinski definition) is 1. The van der Waals surface area contributed by atoms with Gasteiger partial charge in [0.05, 0.1) is 10.5 Å². The van der Waals surface area contributed by atoms with Gasteiger partial charge in [0.1, 0.15) is 0 Å². The minimum atomic E-state index is -3.58. The normalized spacial score (nSPS) is 12.5. The Balaban J connectivity index is 2.00. The summed E-state index contributed by atoms with van der Waals surface area (Å²) < 4.78 is 30.4. The number of carbonyl (C=O) groups is 2. The van der Waals surface area contributed by atoms with Gasteiger partial charge in [-0.1, -0.05) is 19.1 Å². The number of nitrogens with zero attached hydrogens (tertiary/aromatic N) is 1. The van der Waals surface area contributed by atoms with Crippen LogP contribution in [0.1, 0.15) is 29.8 Å². The van der Waals surface area contributed by atoms with Gasteiger partial charge >= 0.3 is 5.97 Å². The number of hydrogen-bond acceptors (Lipinski definition) is 5. The zero-order valence-corrected chi connectivity index (χ0v) is 17.1. The van der Waals surface area contributed by atoms with Crippen molar-refractivity contribution in [3.63, 3.8) is 0 Å². The van der Waals surface area contributed by atoms with Crippen LogP contribution >= 0.6 is 0 Å². The number of ether oxygens (including phenoxy) is 1. The van der Waals surface area contributed by atoms with Crippen molar-refractivity contribution in [1.29, 1.82) is 0 Å². The van der Waals surface area contributed by atoms with Crippen LogP contribution in [0.2, 0.25) is 0 Å². The van der Waals surface area contributed by atoms with Gasteiger partial charge in [0.2, 0.25) is 10.0 Å². The molecule has 7 nitrogen and oxygen atoms in total. The zero-order chi connectivity index (χ0) is 20.9. The standard InChI is InChI=1S/C20H24N2O5S/c1-5-15-6-10-17(11-7-15)21-19(23)14(2)27-20(24)16-8-12-18(13-9-16)28(25,26)22(3)4/h6-14H,5H2,1-4H3,(H,21,23). The molecule has 0 radical (unpaired) electrons. The Kier molecular flexibility index (Phi) is 6.93. The molecule has 1 N–H and O–H groups in total. The Hall–Kier alpha value is -2.71. The second-order valence-electron chi connectivity index (χ2n) is 6.40. The fourth-order valence-corrected chi connectivity index (χ4v) is 3.23. The smallest absolute Gasteiger partial charge is 0.338 e. The lowest BCUT2D eigenvalue weighted by Gasteiger charge is -2.14. The van der Waals surface area contributed by atoms with Crippen LogP contribution < -0.4 is 5.32 Å². The van der Waals surface area contributed by atoms with E-state index in [0.717, 1.165) is 16.3 Å². The van der Waals surface area contributed by atoms with Gasteiger partial charge in [0.25, 0.3) is 5.91 Å². The maximum atomic E-state index is 12.2. The van der Waals surface area contributed by atoms with Crippen LogP contribution in [-0.4, -0.2) is 44.8 Å². The molecule has 0 spiro atoms. The van der Waals surface area contributed by atoms with Crippen molar-refractivity contribution in [2.24, 2.45) is 0 Å². The Morgan fingerprint density at radius 3 is 2.11 bits per heavy atom. The molecule has 2 rings (SSSR count). The molecule has 150 valence electrons. The number of rotatable bonds is 7. The van der Waals surface area contributed by atoms with Gasteiger partial charge in [-0.05, 0) is 55.3 Å². The average Bonchev–Trinajstić information content (AvgIpc) is 2.68. The van der Waals surface area contributed by atoms with E-state index in [9.17, 15) is 18.0 Å². The minimum Gasteiger partial charge on any atom is -0.449 e. The minimum absolute atomic E-state index is 0.0652. The summed E-state index contributed by atoms with van der Waals surface area (Å²) in [5.41, 5.74) is 1.92. The second kappa shape index (κ2) is 8.99. The van der Waals surface area contributed by atoms with Crippen LogP contribution in [0.3, 0.4) is 0 Å². The van der Waals surface area contributed by atoms with Gasteiger partial charge in [-0.25, -0.2) is 17.5 Å². The molecular formula is C20H24N2O5S. The summed E-state index contributed by atoms with van der Waals surface area (Å²) in [5.74, 6) is -1.16. The van der Waals surface area contributed by atoms with Crippen molar-refractivity contribution in [2.45, 2.75) is 31.3 Å². The molecular weight excluding hydrogens is 380 g/mol. The van der Waals surface area contributed by atoms with Crippen molar-refractivity contribution in [3.05, 3.63) is 59.7 Å². The number of carbonyl (C=O) groups excluding carboxylic acids is 2. The van der Waals surface area contributed by atoms with E-state index < -0.39 is 28.0 Å². The highest BCUT2D eigenvalue weighted by Crippen LogP contribution is 2.15. The van der Waals surface area contributed by atoms with E-state index in [1.54, 1.807) is 12.1 Å². The van der Waals surface area contributed by atoms with E-state index in [1.807, 2.05) is 19.1 Å². The molecule has 28 heavy (non-hydrogen) atoms.